The number of para-hydroxylation sites is 1. The SMILES string of the molecule is O=C(O)C(Cc1c[nH]c2ccccc12)(c1ccccc1)[P+](=O)O. The van der Waals surface area contributed by atoms with Gasteiger partial charge in [-0.2, -0.15) is 4.89 Å². The minimum atomic E-state index is -2.99. The molecule has 0 saturated heterocycles. The highest BCUT2D eigenvalue weighted by Crippen LogP contribution is 2.48. The summed E-state index contributed by atoms with van der Waals surface area (Å²) in [6, 6.07) is 15.7. The van der Waals surface area contributed by atoms with Crippen molar-refractivity contribution in [2.24, 2.45) is 0 Å². The molecular weight excluding hydrogens is 313 g/mol. The predicted octanol–water partition coefficient (Wildman–Crippen LogP) is 3.43. The molecule has 0 amide bonds. The summed E-state index contributed by atoms with van der Waals surface area (Å²) in [5, 5.41) is 8.74. The van der Waals surface area contributed by atoms with Gasteiger partial charge >= 0.3 is 19.2 Å². The number of carboxylic acids is 1. The predicted molar refractivity (Wildman–Crippen MR) is 87.6 cm³/mol. The van der Waals surface area contributed by atoms with Crippen molar-refractivity contribution in [1.29, 1.82) is 0 Å². The maximum Gasteiger partial charge on any atom is 0.529 e. The Labute approximate surface area is 133 Å². The molecule has 3 aromatic rings. The summed E-state index contributed by atoms with van der Waals surface area (Å²) in [6.45, 7) is 0. The smallest absolute Gasteiger partial charge is 0.477 e. The molecule has 0 aliphatic carbocycles. The molecule has 1 aromatic heterocycles. The van der Waals surface area contributed by atoms with Gasteiger partial charge in [0.2, 0.25) is 0 Å². The zero-order valence-corrected chi connectivity index (χ0v) is 13.0. The van der Waals surface area contributed by atoms with Crippen LogP contribution in [0.1, 0.15) is 11.1 Å². The van der Waals surface area contributed by atoms with E-state index in [-0.39, 0.29) is 6.42 Å². The van der Waals surface area contributed by atoms with Gasteiger partial charge in [0.05, 0.1) is 0 Å². The first-order chi connectivity index (χ1) is 11.1. The second-order valence-electron chi connectivity index (χ2n) is 5.34. The number of benzene rings is 2. The normalized spacial score (nSPS) is 14.4. The van der Waals surface area contributed by atoms with Gasteiger partial charge in [0, 0.05) is 29.1 Å². The van der Waals surface area contributed by atoms with Crippen LogP contribution in [0, 0.1) is 0 Å². The van der Waals surface area contributed by atoms with Crippen LogP contribution in [0.4, 0.5) is 0 Å². The lowest BCUT2D eigenvalue weighted by Crippen LogP contribution is -2.34. The number of carboxylic acid groups (broad SMARTS) is 1. The third-order valence-electron chi connectivity index (χ3n) is 4.05. The van der Waals surface area contributed by atoms with E-state index < -0.39 is 19.2 Å². The molecule has 2 unspecified atom stereocenters. The average molecular weight is 328 g/mol. The highest BCUT2D eigenvalue weighted by molar-refractivity contribution is 7.41. The summed E-state index contributed by atoms with van der Waals surface area (Å²) < 4.78 is 12.1. The fraction of sp³-hybridized carbons (Fsp3) is 0.118. The minimum absolute atomic E-state index is 0.0674. The van der Waals surface area contributed by atoms with Crippen LogP contribution in [0.2, 0.25) is 0 Å². The quantitative estimate of drug-likeness (QED) is 0.626. The number of aromatic amines is 1. The van der Waals surface area contributed by atoms with E-state index in [1.807, 2.05) is 24.3 Å². The number of hydrogen-bond acceptors (Lipinski definition) is 2. The van der Waals surface area contributed by atoms with Crippen LogP contribution in [0.3, 0.4) is 0 Å². The minimum Gasteiger partial charge on any atom is -0.477 e. The van der Waals surface area contributed by atoms with Crippen LogP contribution in [0.15, 0.2) is 60.8 Å². The number of rotatable bonds is 5. The molecule has 0 aliphatic rings. The molecule has 0 fully saturated rings. The van der Waals surface area contributed by atoms with E-state index in [2.05, 4.69) is 4.98 Å². The van der Waals surface area contributed by atoms with E-state index in [0.29, 0.717) is 11.1 Å². The maximum absolute atomic E-state index is 12.1. The van der Waals surface area contributed by atoms with Gasteiger partial charge in [-0.05, 0) is 16.2 Å². The van der Waals surface area contributed by atoms with Crippen molar-refractivity contribution in [2.45, 2.75) is 11.6 Å². The molecule has 0 bridgehead atoms. The van der Waals surface area contributed by atoms with Crippen LogP contribution < -0.4 is 0 Å². The van der Waals surface area contributed by atoms with E-state index >= 15 is 0 Å². The molecule has 0 spiro atoms. The zero-order valence-electron chi connectivity index (χ0n) is 12.1. The van der Waals surface area contributed by atoms with Gasteiger partial charge in [0.1, 0.15) is 0 Å². The highest BCUT2D eigenvalue weighted by Gasteiger charge is 2.58. The second kappa shape index (κ2) is 5.95. The Bertz CT molecular complexity index is 858. The molecule has 3 N–H and O–H groups in total. The molecule has 0 radical (unpaired) electrons. The van der Waals surface area contributed by atoms with Crippen molar-refractivity contribution in [3.05, 3.63) is 71.9 Å². The van der Waals surface area contributed by atoms with Gasteiger partial charge in [-0.3, -0.25) is 0 Å². The van der Waals surface area contributed by atoms with Crippen LogP contribution in [0.5, 0.6) is 0 Å². The van der Waals surface area contributed by atoms with Gasteiger partial charge < -0.3 is 10.1 Å². The summed E-state index contributed by atoms with van der Waals surface area (Å²) in [7, 11) is -2.99. The highest BCUT2D eigenvalue weighted by atomic mass is 31.1. The third-order valence-corrected chi connectivity index (χ3v) is 5.31. The molecule has 3 rings (SSSR count). The first-order valence-corrected chi connectivity index (χ1v) is 8.27. The Morgan fingerprint density at radius 1 is 1.09 bits per heavy atom. The van der Waals surface area contributed by atoms with Crippen LogP contribution >= 0.6 is 8.03 Å². The van der Waals surface area contributed by atoms with Gasteiger partial charge in [-0.25, -0.2) is 4.79 Å². The molecule has 2 atom stereocenters. The van der Waals surface area contributed by atoms with Gasteiger partial charge in [-0.1, -0.05) is 48.5 Å². The van der Waals surface area contributed by atoms with Crippen LogP contribution in [-0.4, -0.2) is 21.0 Å². The largest absolute Gasteiger partial charge is 0.529 e. The number of hydrogen-bond donors (Lipinski definition) is 3. The fourth-order valence-corrected chi connectivity index (χ4v) is 3.67. The van der Waals surface area contributed by atoms with Crippen molar-refractivity contribution < 1.29 is 19.4 Å². The number of H-pyrrole nitrogens is 1. The standard InChI is InChI=1S/C17H14NO4P/c19-16(20)17(23(21)22,13-6-2-1-3-7-13)10-12-11-18-15-9-5-4-8-14(12)15/h1-9,11,18H,10H2,(H-,19,20,21,22)/p+1. The first-order valence-electron chi connectivity index (χ1n) is 7.06. The summed E-state index contributed by atoms with van der Waals surface area (Å²) in [5.74, 6) is -1.31. The first kappa shape index (κ1) is 15.4. The number of nitrogens with one attached hydrogen (secondary N) is 1. The third kappa shape index (κ3) is 2.54. The topological polar surface area (TPSA) is 90.4 Å². The number of carbonyl (C=O) groups is 1. The molecule has 1 heterocycles. The van der Waals surface area contributed by atoms with E-state index in [0.717, 1.165) is 10.9 Å². The van der Waals surface area contributed by atoms with Crippen molar-refractivity contribution in [2.75, 3.05) is 0 Å². The molecular formula is C17H15NO4P+. The van der Waals surface area contributed by atoms with Crippen LogP contribution in [-0.2, 0) is 20.9 Å². The van der Waals surface area contributed by atoms with E-state index in [9.17, 15) is 19.4 Å². The van der Waals surface area contributed by atoms with Crippen LogP contribution in [0.25, 0.3) is 10.9 Å². The summed E-state index contributed by atoms with van der Waals surface area (Å²) in [6.07, 6.45) is 1.63. The molecule has 0 aliphatic heterocycles. The summed E-state index contributed by atoms with van der Waals surface area (Å²) >= 11 is 0. The molecule has 5 nitrogen and oxygen atoms in total. The molecule has 23 heavy (non-hydrogen) atoms. The molecule has 2 aromatic carbocycles. The van der Waals surface area contributed by atoms with E-state index in [1.165, 1.54) is 0 Å². The van der Waals surface area contributed by atoms with Gasteiger partial charge in [0.25, 0.3) is 0 Å². The monoisotopic (exact) mass is 328 g/mol. The Morgan fingerprint density at radius 2 is 1.74 bits per heavy atom. The Morgan fingerprint density at radius 3 is 2.39 bits per heavy atom. The van der Waals surface area contributed by atoms with E-state index in [4.69, 9.17) is 0 Å². The van der Waals surface area contributed by atoms with Crippen molar-refractivity contribution in [3.63, 3.8) is 0 Å². The number of fused-ring (bicyclic) bond motifs is 1. The fourth-order valence-electron chi connectivity index (χ4n) is 2.83. The Balaban J connectivity index is 2.17. The Hall–Kier alpha value is -2.49. The Kier molecular flexibility index (Phi) is 3.99. The molecule has 6 heteroatoms. The summed E-state index contributed by atoms with van der Waals surface area (Å²) in [5.41, 5.74) is 1.88. The average Bonchev–Trinajstić information content (AvgIpc) is 2.95. The lowest BCUT2D eigenvalue weighted by molar-refractivity contribution is -0.140. The molecule has 0 saturated carbocycles. The second-order valence-corrected chi connectivity index (χ2v) is 6.65. The van der Waals surface area contributed by atoms with E-state index in [1.54, 1.807) is 36.5 Å². The van der Waals surface area contributed by atoms with Gasteiger partial charge in [0.15, 0.2) is 0 Å². The number of aliphatic carboxylic acids is 1. The van der Waals surface area contributed by atoms with Crippen molar-refractivity contribution in [1.82, 2.24) is 4.98 Å². The lowest BCUT2D eigenvalue weighted by atomic mass is 9.90. The number of aromatic nitrogens is 1. The van der Waals surface area contributed by atoms with Crippen molar-refractivity contribution in [3.8, 4) is 0 Å². The molecule has 116 valence electrons. The van der Waals surface area contributed by atoms with Crippen molar-refractivity contribution >= 4 is 24.9 Å². The zero-order chi connectivity index (χ0) is 16.4. The maximum atomic E-state index is 12.1. The summed E-state index contributed by atoms with van der Waals surface area (Å²) in [4.78, 5) is 24.9. The lowest BCUT2D eigenvalue weighted by Gasteiger charge is -2.17. The van der Waals surface area contributed by atoms with Gasteiger partial charge in [-0.15, -0.1) is 0 Å².